The number of hydrogen-bond acceptors (Lipinski definition) is 2. The molecule has 1 saturated carbocycles. The van der Waals surface area contributed by atoms with Gasteiger partial charge in [-0.25, -0.2) is 4.79 Å². The van der Waals surface area contributed by atoms with E-state index < -0.39 is 5.60 Å². The lowest BCUT2D eigenvalue weighted by Crippen LogP contribution is -2.47. The topological polar surface area (TPSA) is 29.5 Å². The third-order valence-electron chi connectivity index (χ3n) is 4.11. The van der Waals surface area contributed by atoms with Gasteiger partial charge in [0.15, 0.2) is 0 Å². The number of carbonyl (C=O) groups excluding carboxylic acids is 1. The second-order valence-corrected chi connectivity index (χ2v) is 6.74. The Bertz CT molecular complexity index is 356. The van der Waals surface area contributed by atoms with Crippen molar-refractivity contribution in [2.24, 2.45) is 5.41 Å². The van der Waals surface area contributed by atoms with Gasteiger partial charge in [-0.3, -0.25) is 0 Å². The van der Waals surface area contributed by atoms with Crippen LogP contribution in [0.2, 0.25) is 0 Å². The molecule has 1 aliphatic heterocycles. The minimum absolute atomic E-state index is 0.165. The molecule has 0 aromatic carbocycles. The third kappa shape index (κ3) is 2.70. The molecular formula is C15H25NO2. The van der Waals surface area contributed by atoms with Crippen molar-refractivity contribution in [3.63, 3.8) is 0 Å². The Hall–Kier alpha value is -0.990. The Balaban J connectivity index is 2.03. The van der Waals surface area contributed by atoms with Crippen LogP contribution >= 0.6 is 0 Å². The molecule has 1 unspecified atom stereocenters. The van der Waals surface area contributed by atoms with Crippen molar-refractivity contribution < 1.29 is 9.53 Å². The Labute approximate surface area is 110 Å². The molecule has 3 heteroatoms. The maximum absolute atomic E-state index is 12.1. The van der Waals surface area contributed by atoms with E-state index in [9.17, 15) is 4.79 Å². The second-order valence-electron chi connectivity index (χ2n) is 6.74. The maximum Gasteiger partial charge on any atom is 0.410 e. The number of carbonyl (C=O) groups is 1. The van der Waals surface area contributed by atoms with Gasteiger partial charge in [-0.05, 0) is 52.9 Å². The second kappa shape index (κ2) is 4.60. The summed E-state index contributed by atoms with van der Waals surface area (Å²) in [7, 11) is 0. The van der Waals surface area contributed by atoms with Crippen molar-refractivity contribution in [3.8, 4) is 0 Å². The van der Waals surface area contributed by atoms with Gasteiger partial charge in [-0.15, -0.1) is 0 Å². The first-order chi connectivity index (χ1) is 8.32. The molecule has 2 fully saturated rings. The Morgan fingerprint density at radius 1 is 1.33 bits per heavy atom. The molecule has 0 aromatic rings. The highest BCUT2D eigenvalue weighted by Gasteiger charge is 2.42. The minimum atomic E-state index is -0.408. The minimum Gasteiger partial charge on any atom is -0.444 e. The monoisotopic (exact) mass is 251 g/mol. The van der Waals surface area contributed by atoms with Crippen LogP contribution in [0.5, 0.6) is 0 Å². The van der Waals surface area contributed by atoms with Gasteiger partial charge in [-0.2, -0.15) is 0 Å². The van der Waals surface area contributed by atoms with E-state index in [2.05, 4.69) is 6.58 Å². The molecule has 18 heavy (non-hydrogen) atoms. The maximum atomic E-state index is 12.1. The molecule has 2 aliphatic rings. The van der Waals surface area contributed by atoms with Crippen LogP contribution in [0.3, 0.4) is 0 Å². The summed E-state index contributed by atoms with van der Waals surface area (Å²) in [5.74, 6) is 0. The van der Waals surface area contributed by atoms with Crippen LogP contribution in [0.1, 0.15) is 52.9 Å². The molecule has 1 spiro atoms. The zero-order valence-corrected chi connectivity index (χ0v) is 11.9. The molecule has 1 atom stereocenters. The fourth-order valence-electron chi connectivity index (χ4n) is 3.19. The molecule has 0 radical (unpaired) electrons. The number of rotatable bonds is 0. The zero-order valence-electron chi connectivity index (χ0n) is 11.9. The van der Waals surface area contributed by atoms with Crippen LogP contribution in [0.4, 0.5) is 4.79 Å². The predicted octanol–water partition coefficient (Wildman–Crippen LogP) is 3.74. The van der Waals surface area contributed by atoms with Gasteiger partial charge in [0.2, 0.25) is 0 Å². The highest BCUT2D eigenvalue weighted by atomic mass is 16.6. The lowest BCUT2D eigenvalue weighted by molar-refractivity contribution is 0.00977. The fourth-order valence-corrected chi connectivity index (χ4v) is 3.19. The first-order valence-electron chi connectivity index (χ1n) is 6.99. The van der Waals surface area contributed by atoms with Crippen LogP contribution in [0.25, 0.3) is 0 Å². The smallest absolute Gasteiger partial charge is 0.410 e. The van der Waals surface area contributed by atoms with E-state index in [0.717, 1.165) is 25.9 Å². The quantitative estimate of drug-likeness (QED) is 0.614. The molecule has 1 amide bonds. The average Bonchev–Trinajstić information content (AvgIpc) is 2.58. The number of ether oxygens (including phenoxy) is 1. The van der Waals surface area contributed by atoms with Gasteiger partial charge >= 0.3 is 6.09 Å². The summed E-state index contributed by atoms with van der Waals surface area (Å²) >= 11 is 0. The van der Waals surface area contributed by atoms with Gasteiger partial charge in [0, 0.05) is 18.5 Å². The number of likely N-dealkylation sites (tertiary alicyclic amines) is 1. The Kier molecular flexibility index (Phi) is 3.43. The van der Waals surface area contributed by atoms with E-state index in [1.54, 1.807) is 0 Å². The Morgan fingerprint density at radius 2 is 2.00 bits per heavy atom. The largest absolute Gasteiger partial charge is 0.444 e. The molecule has 0 N–H and O–H groups in total. The van der Waals surface area contributed by atoms with Crippen molar-refractivity contribution in [1.29, 1.82) is 0 Å². The van der Waals surface area contributed by atoms with E-state index in [1.165, 1.54) is 24.8 Å². The highest BCUT2D eigenvalue weighted by Crippen LogP contribution is 2.48. The van der Waals surface area contributed by atoms with Gasteiger partial charge in [0.1, 0.15) is 5.60 Å². The van der Waals surface area contributed by atoms with Gasteiger partial charge < -0.3 is 9.64 Å². The highest BCUT2D eigenvalue weighted by molar-refractivity contribution is 5.68. The summed E-state index contributed by atoms with van der Waals surface area (Å²) in [6, 6.07) is 0. The van der Waals surface area contributed by atoms with Gasteiger partial charge in [0.05, 0.1) is 0 Å². The number of nitrogens with zero attached hydrogens (tertiary/aromatic N) is 1. The summed E-state index contributed by atoms with van der Waals surface area (Å²) in [6.45, 7) is 11.6. The molecule has 1 heterocycles. The van der Waals surface area contributed by atoms with Crippen LogP contribution in [-0.2, 0) is 4.74 Å². The lowest BCUT2D eigenvalue weighted by atomic mass is 9.76. The van der Waals surface area contributed by atoms with Crippen molar-refractivity contribution >= 4 is 6.09 Å². The van der Waals surface area contributed by atoms with Crippen LogP contribution in [0.15, 0.2) is 12.2 Å². The summed E-state index contributed by atoms with van der Waals surface area (Å²) < 4.78 is 5.47. The van der Waals surface area contributed by atoms with Crippen molar-refractivity contribution in [1.82, 2.24) is 4.90 Å². The first-order valence-corrected chi connectivity index (χ1v) is 6.99. The molecular weight excluding hydrogens is 226 g/mol. The number of amides is 1. The summed E-state index contributed by atoms with van der Waals surface area (Å²) in [4.78, 5) is 14.0. The summed E-state index contributed by atoms with van der Waals surface area (Å²) in [6.07, 6.45) is 5.62. The Morgan fingerprint density at radius 3 is 2.56 bits per heavy atom. The standard InChI is InChI=1S/C15H25NO2/c1-12-7-5-8-15(12)9-6-10-16(11-15)13(17)18-14(2,3)4/h1,5-11H2,2-4H3. The molecule has 2 rings (SSSR count). The molecule has 102 valence electrons. The third-order valence-corrected chi connectivity index (χ3v) is 4.11. The summed E-state index contributed by atoms with van der Waals surface area (Å²) in [5.41, 5.74) is 1.12. The number of piperidine rings is 1. The van der Waals surface area contributed by atoms with Crippen LogP contribution < -0.4 is 0 Å². The molecule has 1 aliphatic carbocycles. The first kappa shape index (κ1) is 13.4. The SMILES string of the molecule is C=C1CCCC12CCCN(C(=O)OC(C)(C)C)C2. The van der Waals surface area contributed by atoms with Gasteiger partial charge in [0.25, 0.3) is 0 Å². The average molecular weight is 251 g/mol. The summed E-state index contributed by atoms with van der Waals surface area (Å²) in [5, 5.41) is 0. The fraction of sp³-hybridized carbons (Fsp3) is 0.800. The van der Waals surface area contributed by atoms with E-state index in [4.69, 9.17) is 4.74 Å². The van der Waals surface area contributed by atoms with E-state index >= 15 is 0 Å². The molecule has 1 saturated heterocycles. The number of hydrogen-bond donors (Lipinski definition) is 0. The van der Waals surface area contributed by atoms with Crippen molar-refractivity contribution in [3.05, 3.63) is 12.2 Å². The van der Waals surface area contributed by atoms with E-state index in [-0.39, 0.29) is 11.5 Å². The van der Waals surface area contributed by atoms with Crippen LogP contribution in [0, 0.1) is 5.41 Å². The predicted molar refractivity (Wildman–Crippen MR) is 72.5 cm³/mol. The lowest BCUT2D eigenvalue weighted by Gasteiger charge is -2.41. The van der Waals surface area contributed by atoms with E-state index in [1.807, 2.05) is 25.7 Å². The van der Waals surface area contributed by atoms with Crippen LogP contribution in [-0.4, -0.2) is 29.7 Å². The molecule has 0 bridgehead atoms. The van der Waals surface area contributed by atoms with E-state index in [0.29, 0.717) is 0 Å². The zero-order chi connectivity index (χ0) is 13.4. The normalized spacial score (nSPS) is 28.8. The van der Waals surface area contributed by atoms with Gasteiger partial charge in [-0.1, -0.05) is 12.2 Å². The van der Waals surface area contributed by atoms with Crippen molar-refractivity contribution in [2.45, 2.75) is 58.5 Å². The molecule has 0 aromatic heterocycles. The van der Waals surface area contributed by atoms with Crippen molar-refractivity contribution in [2.75, 3.05) is 13.1 Å². The molecule has 3 nitrogen and oxygen atoms in total.